The quantitative estimate of drug-likeness (QED) is 0.894. The molecule has 0 bridgehead atoms. The first-order valence-corrected chi connectivity index (χ1v) is 6.54. The van der Waals surface area contributed by atoms with Crippen LogP contribution in [0, 0.1) is 0 Å². The van der Waals surface area contributed by atoms with Gasteiger partial charge in [-0.2, -0.15) is 0 Å². The van der Waals surface area contributed by atoms with E-state index in [0.717, 1.165) is 24.7 Å². The molecule has 0 aromatic carbocycles. The highest BCUT2D eigenvalue weighted by atomic mass is 35.5. The Balaban J connectivity index is 1.76. The third-order valence-corrected chi connectivity index (χ3v) is 3.93. The van der Waals surface area contributed by atoms with E-state index in [1.807, 2.05) is 18.4 Å². The van der Waals surface area contributed by atoms with Crippen molar-refractivity contribution < 1.29 is 14.6 Å². The maximum absolute atomic E-state index is 10.4. The maximum atomic E-state index is 10.4. The zero-order valence-electron chi connectivity index (χ0n) is 9.48. The molecule has 4 nitrogen and oxygen atoms in total. The number of rotatable bonds is 5. The minimum Gasteiger partial charge on any atom is -0.480 e. The molecule has 2 rings (SSSR count). The molecule has 0 amide bonds. The van der Waals surface area contributed by atoms with Crippen LogP contribution < -0.4 is 0 Å². The second-order valence-electron chi connectivity index (χ2n) is 4.51. The summed E-state index contributed by atoms with van der Waals surface area (Å²) in [5.74, 6) is -0.922. The van der Waals surface area contributed by atoms with Crippen molar-refractivity contribution in [3.63, 3.8) is 0 Å². The fourth-order valence-corrected chi connectivity index (χ4v) is 3.11. The molecule has 0 radical (unpaired) electrons. The molecule has 17 heavy (non-hydrogen) atoms. The number of carboxylic acids is 1. The van der Waals surface area contributed by atoms with Crippen LogP contribution in [0.25, 0.3) is 0 Å². The van der Waals surface area contributed by atoms with Crippen LogP contribution in [-0.4, -0.2) is 41.3 Å². The van der Waals surface area contributed by atoms with E-state index in [1.54, 1.807) is 11.3 Å². The van der Waals surface area contributed by atoms with Crippen LogP contribution in [0.15, 0.2) is 11.4 Å². The van der Waals surface area contributed by atoms with Gasteiger partial charge in [0.1, 0.15) is 6.61 Å². The Hall–Kier alpha value is -0.620. The number of halogens is 1. The largest absolute Gasteiger partial charge is 0.480 e. The lowest BCUT2D eigenvalue weighted by Crippen LogP contribution is -2.61. The summed E-state index contributed by atoms with van der Waals surface area (Å²) in [5, 5.41) is 11.2. The summed E-state index contributed by atoms with van der Waals surface area (Å²) in [6, 6.07) is 1.96. The Morgan fingerprint density at radius 1 is 1.71 bits per heavy atom. The molecule has 0 unspecified atom stereocenters. The molecule has 2 heterocycles. The number of ether oxygens (including phenoxy) is 1. The van der Waals surface area contributed by atoms with Gasteiger partial charge >= 0.3 is 5.97 Å². The number of hydrogen-bond acceptors (Lipinski definition) is 4. The highest BCUT2D eigenvalue weighted by Crippen LogP contribution is 2.28. The van der Waals surface area contributed by atoms with Gasteiger partial charge in [-0.25, -0.2) is 4.79 Å². The lowest BCUT2D eigenvalue weighted by Gasteiger charge is -2.47. The molecule has 0 aliphatic carbocycles. The van der Waals surface area contributed by atoms with Crippen molar-refractivity contribution in [2.45, 2.75) is 19.1 Å². The number of carbonyl (C=O) groups is 1. The summed E-state index contributed by atoms with van der Waals surface area (Å²) < 4.78 is 5.34. The fourth-order valence-electron chi connectivity index (χ4n) is 2.00. The molecule has 0 spiro atoms. The minimum atomic E-state index is -0.922. The number of hydrogen-bond donors (Lipinski definition) is 1. The second kappa shape index (κ2) is 4.94. The van der Waals surface area contributed by atoms with E-state index in [1.165, 1.54) is 4.88 Å². The molecule has 0 saturated carbocycles. The summed E-state index contributed by atoms with van der Waals surface area (Å²) in [6.45, 7) is 4.08. The zero-order chi connectivity index (χ0) is 12.5. The molecule has 1 aliphatic rings. The highest BCUT2D eigenvalue weighted by Gasteiger charge is 2.40. The van der Waals surface area contributed by atoms with Gasteiger partial charge < -0.3 is 9.84 Å². The average molecular weight is 276 g/mol. The molecule has 1 saturated heterocycles. The van der Waals surface area contributed by atoms with Crippen LogP contribution in [0.4, 0.5) is 0 Å². The number of aliphatic carboxylic acids is 1. The van der Waals surface area contributed by atoms with Gasteiger partial charge in [0.15, 0.2) is 0 Å². The monoisotopic (exact) mass is 275 g/mol. The van der Waals surface area contributed by atoms with E-state index in [4.69, 9.17) is 21.4 Å². The number of carboxylic acid groups (broad SMARTS) is 1. The molecule has 1 aromatic heterocycles. The van der Waals surface area contributed by atoms with E-state index in [2.05, 4.69) is 4.90 Å². The van der Waals surface area contributed by atoms with E-state index < -0.39 is 5.97 Å². The van der Waals surface area contributed by atoms with Crippen molar-refractivity contribution in [2.75, 3.05) is 19.7 Å². The van der Waals surface area contributed by atoms with Crippen LogP contribution in [-0.2, 0) is 16.1 Å². The minimum absolute atomic E-state index is 0.227. The Morgan fingerprint density at radius 3 is 2.94 bits per heavy atom. The SMILES string of the molecule is CC1(OCC(=O)O)CN(Cc2cc(Cl)cs2)C1. The number of thiophene rings is 1. The van der Waals surface area contributed by atoms with Gasteiger partial charge in [0, 0.05) is 29.9 Å². The van der Waals surface area contributed by atoms with Crippen LogP contribution in [0.2, 0.25) is 5.02 Å². The van der Waals surface area contributed by atoms with Crippen molar-refractivity contribution in [1.29, 1.82) is 0 Å². The molecule has 6 heteroatoms. The Morgan fingerprint density at radius 2 is 2.41 bits per heavy atom. The first kappa shape index (κ1) is 12.8. The third-order valence-electron chi connectivity index (χ3n) is 2.66. The van der Waals surface area contributed by atoms with E-state index in [-0.39, 0.29) is 12.2 Å². The molecule has 94 valence electrons. The third kappa shape index (κ3) is 3.42. The first-order valence-electron chi connectivity index (χ1n) is 5.28. The summed E-state index contributed by atoms with van der Waals surface area (Å²) >= 11 is 7.48. The normalized spacial score (nSPS) is 18.9. The fraction of sp³-hybridized carbons (Fsp3) is 0.545. The molecular weight excluding hydrogens is 262 g/mol. The van der Waals surface area contributed by atoms with Gasteiger partial charge in [-0.1, -0.05) is 11.6 Å². The second-order valence-corrected chi connectivity index (χ2v) is 5.94. The molecule has 1 aliphatic heterocycles. The van der Waals surface area contributed by atoms with Crippen LogP contribution in [0.3, 0.4) is 0 Å². The predicted molar refractivity (Wildman–Crippen MR) is 66.6 cm³/mol. The molecule has 1 aromatic rings. The summed E-state index contributed by atoms with van der Waals surface area (Å²) in [4.78, 5) is 13.8. The highest BCUT2D eigenvalue weighted by molar-refractivity contribution is 7.10. The van der Waals surface area contributed by atoms with Gasteiger partial charge in [-0.3, -0.25) is 4.90 Å². The van der Waals surface area contributed by atoms with Gasteiger partial charge in [0.25, 0.3) is 0 Å². The lowest BCUT2D eigenvalue weighted by molar-refractivity contribution is -0.165. The van der Waals surface area contributed by atoms with Crippen LogP contribution >= 0.6 is 22.9 Å². The molecule has 1 N–H and O–H groups in total. The molecule has 0 atom stereocenters. The Labute approximate surface area is 109 Å². The number of likely N-dealkylation sites (tertiary alicyclic amines) is 1. The molecular formula is C11H14ClNO3S. The van der Waals surface area contributed by atoms with Crippen molar-refractivity contribution in [3.8, 4) is 0 Å². The van der Waals surface area contributed by atoms with Crippen molar-refractivity contribution in [1.82, 2.24) is 4.90 Å². The predicted octanol–water partition coefficient (Wildman–Crippen LogP) is 2.08. The zero-order valence-corrected chi connectivity index (χ0v) is 11.1. The van der Waals surface area contributed by atoms with Crippen molar-refractivity contribution in [2.24, 2.45) is 0 Å². The first-order chi connectivity index (χ1) is 7.97. The van der Waals surface area contributed by atoms with Gasteiger partial charge in [0.2, 0.25) is 0 Å². The van der Waals surface area contributed by atoms with Crippen LogP contribution in [0.1, 0.15) is 11.8 Å². The van der Waals surface area contributed by atoms with E-state index in [0.29, 0.717) is 0 Å². The van der Waals surface area contributed by atoms with Crippen molar-refractivity contribution >= 4 is 28.9 Å². The smallest absolute Gasteiger partial charge is 0.329 e. The van der Waals surface area contributed by atoms with Gasteiger partial charge in [0.05, 0.1) is 10.6 Å². The average Bonchev–Trinajstić information content (AvgIpc) is 2.59. The molecule has 1 fully saturated rings. The Bertz CT molecular complexity index is 415. The lowest BCUT2D eigenvalue weighted by atomic mass is 9.96. The van der Waals surface area contributed by atoms with E-state index >= 15 is 0 Å². The summed E-state index contributed by atoms with van der Waals surface area (Å²) in [6.07, 6.45) is 0. The van der Waals surface area contributed by atoms with Gasteiger partial charge in [-0.15, -0.1) is 11.3 Å². The maximum Gasteiger partial charge on any atom is 0.329 e. The van der Waals surface area contributed by atoms with Gasteiger partial charge in [-0.05, 0) is 13.0 Å². The topological polar surface area (TPSA) is 49.8 Å². The Kier molecular flexibility index (Phi) is 3.73. The van der Waals surface area contributed by atoms with E-state index in [9.17, 15) is 4.79 Å². The number of nitrogens with zero attached hydrogens (tertiary/aromatic N) is 1. The van der Waals surface area contributed by atoms with Crippen LogP contribution in [0.5, 0.6) is 0 Å². The standard InChI is InChI=1S/C11H14ClNO3S/c1-11(16-4-10(14)15)6-13(7-11)3-9-2-8(12)5-17-9/h2,5H,3-4,6-7H2,1H3,(H,14,15). The summed E-state index contributed by atoms with van der Waals surface area (Å²) in [7, 11) is 0. The van der Waals surface area contributed by atoms with Crippen molar-refractivity contribution in [3.05, 3.63) is 21.3 Å². The summed E-state index contributed by atoms with van der Waals surface area (Å²) in [5.41, 5.74) is -0.320.